The Morgan fingerprint density at radius 1 is 1.64 bits per heavy atom. The standard InChI is InChI=1S/C6H11NO4/c1-9-5(10-2)4-3-7-6(8)11-4/h4-5H,3H2,1-2H3,(H,7,8). The molecule has 1 N–H and O–H groups in total. The third kappa shape index (κ3) is 1.81. The second-order valence-corrected chi connectivity index (χ2v) is 2.16. The third-order valence-corrected chi connectivity index (χ3v) is 1.47. The average Bonchev–Trinajstić information content (AvgIpc) is 2.39. The number of rotatable bonds is 3. The zero-order valence-electron chi connectivity index (χ0n) is 6.49. The molecule has 0 aromatic carbocycles. The maximum atomic E-state index is 10.5. The van der Waals surface area contributed by atoms with Crippen LogP contribution < -0.4 is 5.32 Å². The fraction of sp³-hybridized carbons (Fsp3) is 0.833. The smallest absolute Gasteiger partial charge is 0.407 e. The zero-order chi connectivity index (χ0) is 8.27. The molecule has 0 saturated carbocycles. The van der Waals surface area contributed by atoms with Gasteiger partial charge in [-0.3, -0.25) is 0 Å². The van der Waals surface area contributed by atoms with Crippen LogP contribution >= 0.6 is 0 Å². The number of carbonyl (C=O) groups is 1. The van der Waals surface area contributed by atoms with Gasteiger partial charge in [0, 0.05) is 14.2 Å². The number of ether oxygens (including phenoxy) is 3. The summed E-state index contributed by atoms with van der Waals surface area (Å²) < 4.78 is 14.6. The topological polar surface area (TPSA) is 56.8 Å². The van der Waals surface area contributed by atoms with Crippen molar-refractivity contribution in [1.29, 1.82) is 0 Å². The summed E-state index contributed by atoms with van der Waals surface area (Å²) in [6.07, 6.45) is -1.24. The van der Waals surface area contributed by atoms with E-state index in [0.717, 1.165) is 0 Å². The van der Waals surface area contributed by atoms with Crippen molar-refractivity contribution in [3.05, 3.63) is 0 Å². The molecule has 1 amide bonds. The average molecular weight is 161 g/mol. The number of hydrogen-bond donors (Lipinski definition) is 1. The quantitative estimate of drug-likeness (QED) is 0.578. The number of amides is 1. The lowest BCUT2D eigenvalue weighted by Crippen LogP contribution is -2.32. The Morgan fingerprint density at radius 2 is 2.27 bits per heavy atom. The first-order chi connectivity index (χ1) is 5.27. The van der Waals surface area contributed by atoms with E-state index in [1.165, 1.54) is 14.2 Å². The summed E-state index contributed by atoms with van der Waals surface area (Å²) in [6, 6.07) is 0. The largest absolute Gasteiger partial charge is 0.439 e. The Morgan fingerprint density at radius 3 is 2.64 bits per heavy atom. The van der Waals surface area contributed by atoms with Gasteiger partial charge in [-0.25, -0.2) is 4.79 Å². The van der Waals surface area contributed by atoms with E-state index in [1.807, 2.05) is 0 Å². The highest BCUT2D eigenvalue weighted by Gasteiger charge is 2.30. The highest BCUT2D eigenvalue weighted by atomic mass is 16.7. The lowest BCUT2D eigenvalue weighted by atomic mass is 10.3. The Labute approximate surface area is 64.6 Å². The molecule has 0 aliphatic carbocycles. The molecule has 0 radical (unpaired) electrons. The van der Waals surface area contributed by atoms with E-state index < -0.39 is 12.4 Å². The van der Waals surface area contributed by atoms with E-state index in [0.29, 0.717) is 6.54 Å². The molecular weight excluding hydrogens is 150 g/mol. The Balaban J connectivity index is 2.40. The maximum absolute atomic E-state index is 10.5. The van der Waals surface area contributed by atoms with Crippen LogP contribution in [-0.4, -0.2) is 39.3 Å². The summed E-state index contributed by atoms with van der Waals surface area (Å²) in [4.78, 5) is 10.5. The molecule has 1 aliphatic rings. The molecule has 0 bridgehead atoms. The first-order valence-electron chi connectivity index (χ1n) is 3.28. The molecule has 5 nitrogen and oxygen atoms in total. The van der Waals surface area contributed by atoms with E-state index in [1.54, 1.807) is 0 Å². The second-order valence-electron chi connectivity index (χ2n) is 2.16. The minimum absolute atomic E-state index is 0.336. The number of cyclic esters (lactones) is 1. The molecule has 0 aromatic heterocycles. The van der Waals surface area contributed by atoms with E-state index in [9.17, 15) is 4.79 Å². The number of methoxy groups -OCH3 is 2. The molecular formula is C6H11NO4. The van der Waals surface area contributed by atoms with Crippen LogP contribution in [0.15, 0.2) is 0 Å². The minimum Gasteiger partial charge on any atom is -0.439 e. The normalized spacial score (nSPS) is 23.5. The van der Waals surface area contributed by atoms with Crippen LogP contribution in [-0.2, 0) is 14.2 Å². The third-order valence-electron chi connectivity index (χ3n) is 1.47. The SMILES string of the molecule is COC(OC)C1CNC(=O)O1. The predicted molar refractivity (Wildman–Crippen MR) is 36.1 cm³/mol. The summed E-state index contributed by atoms with van der Waals surface area (Å²) >= 11 is 0. The van der Waals surface area contributed by atoms with Crippen molar-refractivity contribution < 1.29 is 19.0 Å². The van der Waals surface area contributed by atoms with Gasteiger partial charge in [-0.15, -0.1) is 0 Å². The van der Waals surface area contributed by atoms with Gasteiger partial charge in [0.05, 0.1) is 6.54 Å². The molecule has 1 heterocycles. The van der Waals surface area contributed by atoms with E-state index in [4.69, 9.17) is 14.2 Å². The Hall–Kier alpha value is -0.810. The highest BCUT2D eigenvalue weighted by Crippen LogP contribution is 2.08. The van der Waals surface area contributed by atoms with Crippen LogP contribution in [0.25, 0.3) is 0 Å². The summed E-state index contributed by atoms with van der Waals surface area (Å²) in [6.45, 7) is 0.436. The molecule has 0 aromatic rings. The number of hydrogen-bond acceptors (Lipinski definition) is 4. The van der Waals surface area contributed by atoms with Gasteiger partial charge in [0.2, 0.25) is 0 Å². The first-order valence-corrected chi connectivity index (χ1v) is 3.28. The predicted octanol–water partition coefficient (Wildman–Crippen LogP) is -0.286. The minimum atomic E-state index is -0.478. The molecule has 0 spiro atoms. The fourth-order valence-corrected chi connectivity index (χ4v) is 0.956. The van der Waals surface area contributed by atoms with Gasteiger partial charge in [0.25, 0.3) is 0 Å². The van der Waals surface area contributed by atoms with E-state index >= 15 is 0 Å². The van der Waals surface area contributed by atoms with Gasteiger partial charge in [-0.2, -0.15) is 0 Å². The molecule has 1 saturated heterocycles. The van der Waals surface area contributed by atoms with Crippen LogP contribution in [0.4, 0.5) is 4.79 Å². The molecule has 1 rings (SSSR count). The molecule has 64 valence electrons. The lowest BCUT2D eigenvalue weighted by Gasteiger charge is -2.17. The van der Waals surface area contributed by atoms with Gasteiger partial charge in [0.1, 0.15) is 0 Å². The van der Waals surface area contributed by atoms with Gasteiger partial charge in [-0.1, -0.05) is 0 Å². The molecule has 1 aliphatic heterocycles. The van der Waals surface area contributed by atoms with E-state index in [-0.39, 0.29) is 6.10 Å². The molecule has 1 atom stereocenters. The molecule has 11 heavy (non-hydrogen) atoms. The molecule has 1 unspecified atom stereocenters. The summed E-state index contributed by atoms with van der Waals surface area (Å²) in [5, 5.41) is 2.50. The number of carbonyl (C=O) groups excluding carboxylic acids is 1. The van der Waals surface area contributed by atoms with Gasteiger partial charge < -0.3 is 19.5 Å². The zero-order valence-corrected chi connectivity index (χ0v) is 6.49. The highest BCUT2D eigenvalue weighted by molar-refractivity contribution is 5.69. The van der Waals surface area contributed by atoms with Crippen LogP contribution in [0, 0.1) is 0 Å². The summed E-state index contributed by atoms with van der Waals surface area (Å²) in [5.41, 5.74) is 0. The van der Waals surface area contributed by atoms with Crippen LogP contribution in [0.3, 0.4) is 0 Å². The van der Waals surface area contributed by atoms with Crippen molar-refractivity contribution >= 4 is 6.09 Å². The summed E-state index contributed by atoms with van der Waals surface area (Å²) in [7, 11) is 3.00. The lowest BCUT2D eigenvalue weighted by molar-refractivity contribution is -0.153. The van der Waals surface area contributed by atoms with Crippen LogP contribution in [0.2, 0.25) is 0 Å². The van der Waals surface area contributed by atoms with Crippen LogP contribution in [0.5, 0.6) is 0 Å². The van der Waals surface area contributed by atoms with Gasteiger partial charge >= 0.3 is 6.09 Å². The Kier molecular flexibility index (Phi) is 2.67. The van der Waals surface area contributed by atoms with Crippen molar-refractivity contribution in [3.8, 4) is 0 Å². The first kappa shape index (κ1) is 8.29. The second kappa shape index (κ2) is 3.54. The van der Waals surface area contributed by atoms with Crippen molar-refractivity contribution in [2.45, 2.75) is 12.4 Å². The summed E-state index contributed by atoms with van der Waals surface area (Å²) in [5.74, 6) is 0. The van der Waals surface area contributed by atoms with Crippen LogP contribution in [0.1, 0.15) is 0 Å². The van der Waals surface area contributed by atoms with E-state index in [2.05, 4.69) is 5.32 Å². The van der Waals surface area contributed by atoms with Crippen molar-refractivity contribution in [1.82, 2.24) is 5.32 Å². The monoisotopic (exact) mass is 161 g/mol. The number of nitrogens with one attached hydrogen (secondary N) is 1. The Bertz CT molecular complexity index is 146. The van der Waals surface area contributed by atoms with Crippen molar-refractivity contribution in [2.24, 2.45) is 0 Å². The van der Waals surface area contributed by atoms with Crippen molar-refractivity contribution in [3.63, 3.8) is 0 Å². The van der Waals surface area contributed by atoms with Gasteiger partial charge in [-0.05, 0) is 0 Å². The van der Waals surface area contributed by atoms with Gasteiger partial charge in [0.15, 0.2) is 12.4 Å². The van der Waals surface area contributed by atoms with Crippen molar-refractivity contribution in [2.75, 3.05) is 20.8 Å². The number of alkyl carbamates (subject to hydrolysis) is 1. The molecule has 1 fully saturated rings. The maximum Gasteiger partial charge on any atom is 0.407 e. The fourth-order valence-electron chi connectivity index (χ4n) is 0.956. The molecule has 5 heteroatoms.